The van der Waals surface area contributed by atoms with Crippen LogP contribution in [0.1, 0.15) is 44.2 Å². The molecular formula is C27H29N3O5. The fourth-order valence-corrected chi connectivity index (χ4v) is 4.97. The van der Waals surface area contributed by atoms with Gasteiger partial charge in [-0.15, -0.1) is 0 Å². The number of aldehydes is 1. The van der Waals surface area contributed by atoms with Gasteiger partial charge in [0.15, 0.2) is 0 Å². The van der Waals surface area contributed by atoms with Crippen molar-refractivity contribution in [1.29, 1.82) is 0 Å². The Morgan fingerprint density at radius 1 is 1.20 bits per heavy atom. The molecule has 2 aliphatic rings. The van der Waals surface area contributed by atoms with Gasteiger partial charge in [0.25, 0.3) is 5.69 Å². The van der Waals surface area contributed by atoms with Gasteiger partial charge in [-0.25, -0.2) is 4.79 Å². The first-order chi connectivity index (χ1) is 16.7. The monoisotopic (exact) mass is 475 g/mol. The van der Waals surface area contributed by atoms with Crippen molar-refractivity contribution < 1.29 is 19.2 Å². The molecule has 2 heterocycles. The van der Waals surface area contributed by atoms with Crippen molar-refractivity contribution in [3.05, 3.63) is 98.4 Å². The lowest BCUT2D eigenvalue weighted by atomic mass is 9.81. The van der Waals surface area contributed by atoms with Crippen molar-refractivity contribution >= 4 is 17.9 Å². The number of rotatable bonds is 7. The largest absolute Gasteiger partial charge is 0.455 e. The maximum absolute atomic E-state index is 13.6. The van der Waals surface area contributed by atoms with E-state index in [-0.39, 0.29) is 5.69 Å². The standard InChI is InChI=1S/C27H29N3O5/c1-18-23(16-31)25(21-10-7-11-22(14-21)30(33)34)24(19(2)28-18)26(32)35-27(3)12-13-29(17-27)15-20-8-5-4-6-9-20/h4-11,14,16,25,28H,12-13,15,17H2,1-3H3/t25-,27?/m1/s1. The second-order valence-corrected chi connectivity index (χ2v) is 9.43. The van der Waals surface area contributed by atoms with E-state index in [0.29, 0.717) is 47.4 Å². The summed E-state index contributed by atoms with van der Waals surface area (Å²) in [4.78, 5) is 38.8. The topological polar surface area (TPSA) is 102 Å². The summed E-state index contributed by atoms with van der Waals surface area (Å²) in [6.45, 7) is 7.58. The summed E-state index contributed by atoms with van der Waals surface area (Å²) < 4.78 is 6.08. The van der Waals surface area contributed by atoms with E-state index in [2.05, 4.69) is 22.3 Å². The van der Waals surface area contributed by atoms with Crippen LogP contribution in [0.2, 0.25) is 0 Å². The van der Waals surface area contributed by atoms with Crippen LogP contribution in [0.4, 0.5) is 5.69 Å². The maximum Gasteiger partial charge on any atom is 0.337 e. The second kappa shape index (κ2) is 9.84. The first kappa shape index (κ1) is 24.3. The summed E-state index contributed by atoms with van der Waals surface area (Å²) in [5.74, 6) is -1.28. The Morgan fingerprint density at radius 3 is 2.63 bits per heavy atom. The molecule has 2 aliphatic heterocycles. The molecule has 2 aromatic rings. The zero-order chi connectivity index (χ0) is 25.2. The molecule has 8 heteroatoms. The van der Waals surface area contributed by atoms with E-state index in [1.54, 1.807) is 26.0 Å². The molecule has 0 aliphatic carbocycles. The van der Waals surface area contributed by atoms with Crippen LogP contribution in [0.25, 0.3) is 0 Å². The molecule has 8 nitrogen and oxygen atoms in total. The minimum Gasteiger partial charge on any atom is -0.455 e. The van der Waals surface area contributed by atoms with Crippen LogP contribution in [-0.2, 0) is 20.9 Å². The number of nitrogens with zero attached hydrogens (tertiary/aromatic N) is 2. The molecule has 1 N–H and O–H groups in total. The SMILES string of the molecule is CC1=C(C=O)[C@@H](c2cccc([N+](=O)[O-])c2)C(C(=O)OC2(C)CCN(Cc3ccccc3)C2)=C(C)N1. The van der Waals surface area contributed by atoms with E-state index < -0.39 is 22.4 Å². The molecule has 1 unspecified atom stereocenters. The van der Waals surface area contributed by atoms with Crippen molar-refractivity contribution in [2.75, 3.05) is 13.1 Å². The van der Waals surface area contributed by atoms with Crippen LogP contribution in [0.3, 0.4) is 0 Å². The Hall–Kier alpha value is -3.78. The van der Waals surface area contributed by atoms with Gasteiger partial charge in [-0.1, -0.05) is 42.5 Å². The van der Waals surface area contributed by atoms with Crippen LogP contribution >= 0.6 is 0 Å². The van der Waals surface area contributed by atoms with Crippen LogP contribution in [0.15, 0.2) is 77.1 Å². The fraction of sp³-hybridized carbons (Fsp3) is 0.333. The molecule has 1 saturated heterocycles. The number of carbonyl (C=O) groups is 2. The lowest BCUT2D eigenvalue weighted by Crippen LogP contribution is -2.38. The van der Waals surface area contributed by atoms with Gasteiger partial charge in [-0.3, -0.25) is 19.8 Å². The molecule has 0 amide bonds. The Morgan fingerprint density at radius 2 is 1.94 bits per heavy atom. The number of hydrogen-bond donors (Lipinski definition) is 1. The quantitative estimate of drug-likeness (QED) is 0.277. The highest BCUT2D eigenvalue weighted by atomic mass is 16.6. The Balaban J connectivity index is 1.60. The Labute approximate surface area is 204 Å². The number of likely N-dealkylation sites (tertiary alicyclic amines) is 1. The number of ether oxygens (including phenoxy) is 1. The summed E-state index contributed by atoms with van der Waals surface area (Å²) in [6, 6.07) is 16.2. The lowest BCUT2D eigenvalue weighted by molar-refractivity contribution is -0.384. The van der Waals surface area contributed by atoms with E-state index in [4.69, 9.17) is 4.74 Å². The third kappa shape index (κ3) is 5.17. The van der Waals surface area contributed by atoms with Gasteiger partial charge in [0.05, 0.1) is 10.5 Å². The van der Waals surface area contributed by atoms with Crippen LogP contribution in [-0.4, -0.2) is 40.8 Å². The van der Waals surface area contributed by atoms with Crippen LogP contribution < -0.4 is 5.32 Å². The van der Waals surface area contributed by atoms with Crippen LogP contribution in [0.5, 0.6) is 0 Å². The number of carbonyl (C=O) groups excluding carboxylic acids is 2. The normalized spacial score (nSPS) is 22.7. The molecule has 0 saturated carbocycles. The average Bonchev–Trinajstić information content (AvgIpc) is 3.18. The van der Waals surface area contributed by atoms with Crippen molar-refractivity contribution in [1.82, 2.24) is 10.2 Å². The average molecular weight is 476 g/mol. The number of nitro benzene ring substituents is 1. The first-order valence-corrected chi connectivity index (χ1v) is 11.6. The van der Waals surface area contributed by atoms with Crippen molar-refractivity contribution in [2.45, 2.75) is 45.3 Å². The predicted molar refractivity (Wildman–Crippen MR) is 131 cm³/mol. The number of esters is 1. The molecule has 2 atom stereocenters. The van der Waals surface area contributed by atoms with Gasteiger partial charge in [0, 0.05) is 61.1 Å². The number of hydrogen-bond acceptors (Lipinski definition) is 7. The molecule has 2 aromatic carbocycles. The minimum atomic E-state index is -0.758. The third-order valence-electron chi connectivity index (χ3n) is 6.68. The molecule has 1 fully saturated rings. The molecule has 0 radical (unpaired) electrons. The van der Waals surface area contributed by atoms with E-state index in [1.807, 2.05) is 25.1 Å². The molecule has 0 bridgehead atoms. The number of nitro groups is 1. The predicted octanol–water partition coefficient (Wildman–Crippen LogP) is 4.24. The molecule has 0 aromatic heterocycles. The first-order valence-electron chi connectivity index (χ1n) is 11.6. The lowest BCUT2D eigenvalue weighted by Gasteiger charge is -2.32. The van der Waals surface area contributed by atoms with Crippen LogP contribution in [0, 0.1) is 10.1 Å². The summed E-state index contributed by atoms with van der Waals surface area (Å²) in [7, 11) is 0. The number of benzene rings is 2. The summed E-state index contributed by atoms with van der Waals surface area (Å²) >= 11 is 0. The number of nitrogens with one attached hydrogen (secondary N) is 1. The smallest absolute Gasteiger partial charge is 0.337 e. The molecular weight excluding hydrogens is 446 g/mol. The van der Waals surface area contributed by atoms with Gasteiger partial charge in [-0.05, 0) is 31.9 Å². The van der Waals surface area contributed by atoms with Crippen molar-refractivity contribution in [2.24, 2.45) is 0 Å². The highest BCUT2D eigenvalue weighted by Gasteiger charge is 2.41. The van der Waals surface area contributed by atoms with Gasteiger partial charge in [0.1, 0.15) is 11.9 Å². The van der Waals surface area contributed by atoms with E-state index in [9.17, 15) is 19.7 Å². The molecule has 4 rings (SSSR count). The highest BCUT2D eigenvalue weighted by Crippen LogP contribution is 2.40. The highest BCUT2D eigenvalue weighted by molar-refractivity contribution is 5.96. The maximum atomic E-state index is 13.6. The zero-order valence-corrected chi connectivity index (χ0v) is 20.1. The van der Waals surface area contributed by atoms with Gasteiger partial charge in [-0.2, -0.15) is 0 Å². The number of dihydropyridines is 1. The van der Waals surface area contributed by atoms with Crippen molar-refractivity contribution in [3.8, 4) is 0 Å². The second-order valence-electron chi connectivity index (χ2n) is 9.43. The van der Waals surface area contributed by atoms with E-state index >= 15 is 0 Å². The molecule has 0 spiro atoms. The molecule has 35 heavy (non-hydrogen) atoms. The Kier molecular flexibility index (Phi) is 6.84. The minimum absolute atomic E-state index is 0.103. The van der Waals surface area contributed by atoms with Gasteiger partial charge < -0.3 is 10.1 Å². The molecule has 182 valence electrons. The van der Waals surface area contributed by atoms with E-state index in [0.717, 1.165) is 13.1 Å². The van der Waals surface area contributed by atoms with Gasteiger partial charge in [0.2, 0.25) is 0 Å². The number of non-ortho nitro benzene ring substituents is 1. The number of allylic oxidation sites excluding steroid dienone is 3. The van der Waals surface area contributed by atoms with Gasteiger partial charge >= 0.3 is 5.97 Å². The summed E-state index contributed by atoms with van der Waals surface area (Å²) in [6.07, 6.45) is 1.38. The fourth-order valence-electron chi connectivity index (χ4n) is 4.97. The van der Waals surface area contributed by atoms with E-state index in [1.165, 1.54) is 17.7 Å². The summed E-state index contributed by atoms with van der Waals surface area (Å²) in [5.41, 5.74) is 2.71. The third-order valence-corrected chi connectivity index (χ3v) is 6.68. The summed E-state index contributed by atoms with van der Waals surface area (Å²) in [5, 5.41) is 14.5. The Bertz CT molecular complexity index is 1220. The van der Waals surface area contributed by atoms with Crippen molar-refractivity contribution in [3.63, 3.8) is 0 Å². The zero-order valence-electron chi connectivity index (χ0n) is 20.1.